The third-order valence-corrected chi connectivity index (χ3v) is 2.61. The van der Waals surface area contributed by atoms with Crippen molar-refractivity contribution in [2.24, 2.45) is 0 Å². The van der Waals surface area contributed by atoms with Crippen molar-refractivity contribution in [1.29, 1.82) is 0 Å². The first kappa shape index (κ1) is 14.4. The smallest absolute Gasteiger partial charge is 0.224 e. The molecule has 18 heavy (non-hydrogen) atoms. The number of nitrogens with one attached hydrogen (secondary N) is 1. The van der Waals surface area contributed by atoms with Crippen molar-refractivity contribution in [2.45, 2.75) is 13.3 Å². The number of nitrogens with zero attached hydrogens (tertiary/aromatic N) is 1. The minimum absolute atomic E-state index is 0.00688. The summed E-state index contributed by atoms with van der Waals surface area (Å²) in [5.74, 6) is 0.0457. The normalized spacial score (nSPS) is 10.4. The average Bonchev–Trinajstić information content (AvgIpc) is 2.29. The molecule has 1 N–H and O–H groups in total. The quantitative estimate of drug-likeness (QED) is 0.767. The summed E-state index contributed by atoms with van der Waals surface area (Å²) in [4.78, 5) is 24.7. The van der Waals surface area contributed by atoms with Crippen LogP contribution < -0.4 is 5.32 Å². The Hall–Kier alpha value is -1.68. The number of carbonyl (C=O) groups excluding carboxylic acids is 2. The first-order chi connectivity index (χ1) is 8.49. The molecule has 0 saturated heterocycles. The van der Waals surface area contributed by atoms with E-state index in [4.69, 9.17) is 0 Å². The number of carbonyl (C=O) groups is 2. The fraction of sp³-hybridized carbons (Fsp3) is 0.429. The molecule has 0 aromatic heterocycles. The van der Waals surface area contributed by atoms with Crippen LogP contribution in [0.2, 0.25) is 0 Å². The minimum atomic E-state index is 0.00688. The van der Waals surface area contributed by atoms with E-state index < -0.39 is 0 Å². The van der Waals surface area contributed by atoms with Crippen molar-refractivity contribution >= 4 is 11.7 Å². The summed E-state index contributed by atoms with van der Waals surface area (Å²) in [6.07, 6.45) is 0.353. The maximum Gasteiger partial charge on any atom is 0.224 e. The van der Waals surface area contributed by atoms with Gasteiger partial charge in [-0.3, -0.25) is 9.59 Å². The van der Waals surface area contributed by atoms with E-state index in [0.29, 0.717) is 18.5 Å². The van der Waals surface area contributed by atoms with Crippen molar-refractivity contribution in [3.63, 3.8) is 0 Å². The predicted molar refractivity (Wildman–Crippen MR) is 71.7 cm³/mol. The first-order valence-corrected chi connectivity index (χ1v) is 6.00. The Morgan fingerprint density at radius 1 is 1.17 bits per heavy atom. The molecule has 4 heteroatoms. The van der Waals surface area contributed by atoms with Gasteiger partial charge in [-0.15, -0.1) is 0 Å². The van der Waals surface area contributed by atoms with E-state index in [0.717, 1.165) is 12.1 Å². The number of hydrogen-bond acceptors (Lipinski definition) is 3. The van der Waals surface area contributed by atoms with Gasteiger partial charge < -0.3 is 10.2 Å². The lowest BCUT2D eigenvalue weighted by molar-refractivity contribution is -0.120. The summed E-state index contributed by atoms with van der Waals surface area (Å²) in [5.41, 5.74) is 1.59. The summed E-state index contributed by atoms with van der Waals surface area (Å²) < 4.78 is 0. The van der Waals surface area contributed by atoms with Gasteiger partial charge in [-0.05, 0) is 26.6 Å². The topological polar surface area (TPSA) is 49.4 Å². The number of hydrogen-bond donors (Lipinski definition) is 1. The molecule has 1 rings (SSSR count). The molecule has 0 heterocycles. The van der Waals surface area contributed by atoms with Gasteiger partial charge in [0.1, 0.15) is 0 Å². The third-order valence-electron chi connectivity index (χ3n) is 2.61. The standard InChI is InChI=1S/C14H20N2O2/c1-11(17)13-6-4-12(5-7-13)10-14(18)15-8-9-16(2)3/h4-7H,8-10H2,1-3H3,(H,15,18). The Kier molecular flexibility index (Phi) is 5.52. The zero-order valence-corrected chi connectivity index (χ0v) is 11.2. The zero-order valence-electron chi connectivity index (χ0n) is 11.2. The molecule has 0 bridgehead atoms. The molecular formula is C14H20N2O2. The Balaban J connectivity index is 2.42. The van der Waals surface area contributed by atoms with Crippen molar-refractivity contribution in [1.82, 2.24) is 10.2 Å². The van der Waals surface area contributed by atoms with E-state index >= 15 is 0 Å². The number of likely N-dealkylation sites (N-methyl/N-ethyl adjacent to an activating group) is 1. The fourth-order valence-electron chi connectivity index (χ4n) is 1.52. The summed E-state index contributed by atoms with van der Waals surface area (Å²) >= 11 is 0. The second-order valence-corrected chi connectivity index (χ2v) is 4.58. The SMILES string of the molecule is CC(=O)c1ccc(CC(=O)NCCN(C)C)cc1. The van der Waals surface area contributed by atoms with E-state index in [-0.39, 0.29) is 11.7 Å². The second kappa shape index (κ2) is 6.91. The zero-order chi connectivity index (χ0) is 13.5. The van der Waals surface area contributed by atoms with Gasteiger partial charge in [0.2, 0.25) is 5.91 Å². The first-order valence-electron chi connectivity index (χ1n) is 6.00. The molecule has 1 amide bonds. The number of ketones is 1. The molecule has 0 aliphatic heterocycles. The lowest BCUT2D eigenvalue weighted by Crippen LogP contribution is -2.32. The van der Waals surface area contributed by atoms with Gasteiger partial charge in [0.25, 0.3) is 0 Å². The number of Topliss-reactive ketones (excluding diaryl/α,β-unsaturated/α-hetero) is 1. The molecule has 0 aliphatic carbocycles. The highest BCUT2D eigenvalue weighted by Gasteiger charge is 2.04. The maximum atomic E-state index is 11.6. The van der Waals surface area contributed by atoms with Crippen LogP contribution in [0, 0.1) is 0 Å². The summed E-state index contributed by atoms with van der Waals surface area (Å²) in [7, 11) is 3.93. The predicted octanol–water partition coefficient (Wildman–Crippen LogP) is 1.11. The van der Waals surface area contributed by atoms with Gasteiger partial charge in [-0.25, -0.2) is 0 Å². The molecule has 98 valence electrons. The van der Waals surface area contributed by atoms with Crippen LogP contribution in [0.4, 0.5) is 0 Å². The maximum absolute atomic E-state index is 11.6. The van der Waals surface area contributed by atoms with E-state index in [1.807, 2.05) is 31.1 Å². The molecule has 0 unspecified atom stereocenters. The van der Waals surface area contributed by atoms with Crippen molar-refractivity contribution in [3.8, 4) is 0 Å². The fourth-order valence-corrected chi connectivity index (χ4v) is 1.52. The van der Waals surface area contributed by atoms with E-state index in [1.54, 1.807) is 12.1 Å². The van der Waals surface area contributed by atoms with Gasteiger partial charge in [-0.2, -0.15) is 0 Å². The molecular weight excluding hydrogens is 228 g/mol. The van der Waals surface area contributed by atoms with Gasteiger partial charge >= 0.3 is 0 Å². The average molecular weight is 248 g/mol. The number of rotatable bonds is 6. The molecule has 0 saturated carbocycles. The third kappa shape index (κ3) is 5.10. The molecule has 4 nitrogen and oxygen atoms in total. The van der Waals surface area contributed by atoms with Crippen LogP contribution in [0.15, 0.2) is 24.3 Å². The lowest BCUT2D eigenvalue weighted by atomic mass is 10.1. The van der Waals surface area contributed by atoms with Gasteiger partial charge in [0.15, 0.2) is 5.78 Å². The highest BCUT2D eigenvalue weighted by atomic mass is 16.1. The molecule has 0 fully saturated rings. The molecule has 1 aromatic carbocycles. The molecule has 0 atom stereocenters. The highest BCUT2D eigenvalue weighted by molar-refractivity contribution is 5.94. The van der Waals surface area contributed by atoms with Gasteiger partial charge in [0, 0.05) is 18.7 Å². The summed E-state index contributed by atoms with van der Waals surface area (Å²) in [5, 5.41) is 2.85. The van der Waals surface area contributed by atoms with Crippen LogP contribution in [0.5, 0.6) is 0 Å². The summed E-state index contributed by atoms with van der Waals surface area (Å²) in [6.45, 7) is 3.01. The monoisotopic (exact) mass is 248 g/mol. The lowest BCUT2D eigenvalue weighted by Gasteiger charge is -2.10. The Bertz CT molecular complexity index is 410. The highest BCUT2D eigenvalue weighted by Crippen LogP contribution is 2.05. The Labute approximate surface area is 108 Å². The van der Waals surface area contributed by atoms with Gasteiger partial charge in [0.05, 0.1) is 6.42 Å². The van der Waals surface area contributed by atoms with Crippen LogP contribution in [0.25, 0.3) is 0 Å². The van der Waals surface area contributed by atoms with Crippen LogP contribution in [-0.4, -0.2) is 43.8 Å². The van der Waals surface area contributed by atoms with Crippen molar-refractivity contribution in [3.05, 3.63) is 35.4 Å². The molecule has 0 radical (unpaired) electrons. The largest absolute Gasteiger partial charge is 0.355 e. The molecule has 0 spiro atoms. The molecule has 1 aromatic rings. The number of amides is 1. The van der Waals surface area contributed by atoms with E-state index in [2.05, 4.69) is 5.32 Å². The van der Waals surface area contributed by atoms with E-state index in [9.17, 15) is 9.59 Å². The van der Waals surface area contributed by atoms with Crippen molar-refractivity contribution in [2.75, 3.05) is 27.2 Å². The Morgan fingerprint density at radius 2 is 1.78 bits per heavy atom. The minimum Gasteiger partial charge on any atom is -0.355 e. The van der Waals surface area contributed by atoms with Gasteiger partial charge in [-0.1, -0.05) is 24.3 Å². The van der Waals surface area contributed by atoms with Crippen LogP contribution in [0.1, 0.15) is 22.8 Å². The number of benzene rings is 1. The van der Waals surface area contributed by atoms with Crippen molar-refractivity contribution < 1.29 is 9.59 Å². The Morgan fingerprint density at radius 3 is 2.28 bits per heavy atom. The van der Waals surface area contributed by atoms with Crippen LogP contribution in [-0.2, 0) is 11.2 Å². The van der Waals surface area contributed by atoms with Crippen LogP contribution >= 0.6 is 0 Å². The van der Waals surface area contributed by atoms with Crippen LogP contribution in [0.3, 0.4) is 0 Å². The second-order valence-electron chi connectivity index (χ2n) is 4.58. The molecule has 0 aliphatic rings. The van der Waals surface area contributed by atoms with E-state index in [1.165, 1.54) is 6.92 Å². The summed E-state index contributed by atoms with van der Waals surface area (Å²) in [6, 6.07) is 7.15.